The Hall–Kier alpha value is -2.73. The fourth-order valence-corrected chi connectivity index (χ4v) is 4.48. The number of fused-ring (bicyclic) bond motifs is 1. The summed E-state index contributed by atoms with van der Waals surface area (Å²) < 4.78 is 0. The molecule has 1 saturated carbocycles. The lowest BCUT2D eigenvalue weighted by Gasteiger charge is -2.35. The molecular formula is C24H27ClN6. The second kappa shape index (κ2) is 8.08. The van der Waals surface area contributed by atoms with Gasteiger partial charge < -0.3 is 10.2 Å². The Morgan fingerprint density at radius 3 is 2.71 bits per heavy atom. The first kappa shape index (κ1) is 20.2. The molecule has 0 aromatic carbocycles. The third-order valence-corrected chi connectivity index (χ3v) is 6.56. The van der Waals surface area contributed by atoms with Crippen LogP contribution in [0.5, 0.6) is 0 Å². The van der Waals surface area contributed by atoms with Gasteiger partial charge in [0.25, 0.3) is 0 Å². The molecule has 1 aliphatic carbocycles. The summed E-state index contributed by atoms with van der Waals surface area (Å²) in [7, 11) is 0. The van der Waals surface area contributed by atoms with Crippen LogP contribution in [0.1, 0.15) is 48.2 Å². The summed E-state index contributed by atoms with van der Waals surface area (Å²) in [6, 6.07) is 4.32. The van der Waals surface area contributed by atoms with Gasteiger partial charge in [0.05, 0.1) is 22.5 Å². The van der Waals surface area contributed by atoms with E-state index in [0.29, 0.717) is 5.02 Å². The van der Waals surface area contributed by atoms with Crippen molar-refractivity contribution in [2.45, 2.75) is 46.1 Å². The van der Waals surface area contributed by atoms with Gasteiger partial charge in [0.2, 0.25) is 5.95 Å². The highest BCUT2D eigenvalue weighted by Gasteiger charge is 2.28. The zero-order valence-corrected chi connectivity index (χ0v) is 18.9. The van der Waals surface area contributed by atoms with Crippen LogP contribution in [-0.4, -0.2) is 33.0 Å². The number of hydrogen-bond donors (Lipinski definition) is 1. The predicted molar refractivity (Wildman–Crippen MR) is 125 cm³/mol. The molecule has 1 atom stereocenters. The first-order valence-corrected chi connectivity index (χ1v) is 11.3. The molecule has 4 heterocycles. The van der Waals surface area contributed by atoms with E-state index in [-0.39, 0.29) is 6.04 Å². The van der Waals surface area contributed by atoms with Gasteiger partial charge in [-0.05, 0) is 56.7 Å². The summed E-state index contributed by atoms with van der Waals surface area (Å²) in [5, 5.41) is 4.00. The molecule has 1 unspecified atom stereocenters. The first-order chi connectivity index (χ1) is 15.0. The molecule has 0 spiro atoms. The zero-order valence-electron chi connectivity index (χ0n) is 18.2. The molecule has 2 aliphatic rings. The number of hydrogen-bond acceptors (Lipinski definition) is 6. The second-order valence-electron chi connectivity index (χ2n) is 8.74. The fourth-order valence-electron chi connectivity index (χ4n) is 4.28. The number of rotatable bonds is 5. The summed E-state index contributed by atoms with van der Waals surface area (Å²) in [4.78, 5) is 20.9. The van der Waals surface area contributed by atoms with Gasteiger partial charge in [-0.3, -0.25) is 4.98 Å². The van der Waals surface area contributed by atoms with Crippen molar-refractivity contribution >= 4 is 23.4 Å². The first-order valence-electron chi connectivity index (χ1n) is 10.9. The van der Waals surface area contributed by atoms with Gasteiger partial charge in [-0.15, -0.1) is 0 Å². The highest BCUT2D eigenvalue weighted by Crippen LogP contribution is 2.36. The van der Waals surface area contributed by atoms with E-state index < -0.39 is 0 Å². The standard InChI is InChI=1S/C24H27ClN6/c1-14-8-15(2)23(27-10-14)18-9-22(26-13-20(18)25)31-7-6-21-19(16(31)3)12-29-24(30-21)28-11-17-4-5-17/h8-10,12-13,16-17H,4-7,11H2,1-3H3,(H,28,29,30). The Morgan fingerprint density at radius 2 is 1.94 bits per heavy atom. The normalized spacial score (nSPS) is 18.1. The molecule has 31 heavy (non-hydrogen) atoms. The number of aryl methyl sites for hydroxylation is 2. The molecule has 0 saturated heterocycles. The average molecular weight is 435 g/mol. The number of halogens is 1. The molecule has 5 rings (SSSR count). The number of anilines is 2. The van der Waals surface area contributed by atoms with E-state index in [1.54, 1.807) is 6.20 Å². The maximum Gasteiger partial charge on any atom is 0.222 e. The maximum atomic E-state index is 6.52. The molecule has 6 nitrogen and oxygen atoms in total. The Labute approximate surface area is 188 Å². The van der Waals surface area contributed by atoms with Crippen molar-refractivity contribution in [3.8, 4) is 11.3 Å². The quantitative estimate of drug-likeness (QED) is 0.599. The van der Waals surface area contributed by atoms with Crippen molar-refractivity contribution in [2.75, 3.05) is 23.3 Å². The van der Waals surface area contributed by atoms with Crippen LogP contribution in [0, 0.1) is 19.8 Å². The summed E-state index contributed by atoms with van der Waals surface area (Å²) in [5.74, 6) is 2.44. The average Bonchev–Trinajstić information content (AvgIpc) is 3.58. The molecule has 160 valence electrons. The van der Waals surface area contributed by atoms with Gasteiger partial charge in [0.15, 0.2) is 0 Å². The molecule has 1 fully saturated rings. The number of aromatic nitrogens is 4. The minimum absolute atomic E-state index is 0.134. The summed E-state index contributed by atoms with van der Waals surface area (Å²) in [6.45, 7) is 8.12. The molecule has 3 aromatic heterocycles. The van der Waals surface area contributed by atoms with Gasteiger partial charge >= 0.3 is 0 Å². The minimum Gasteiger partial charge on any atom is -0.354 e. The van der Waals surface area contributed by atoms with Crippen LogP contribution in [0.3, 0.4) is 0 Å². The Morgan fingerprint density at radius 1 is 1.10 bits per heavy atom. The SMILES string of the molecule is Cc1cnc(-c2cc(N3CCc4nc(NCC5CC5)ncc4C3C)ncc2Cl)c(C)c1. The van der Waals surface area contributed by atoms with Crippen LogP contribution in [0.4, 0.5) is 11.8 Å². The van der Waals surface area contributed by atoms with Gasteiger partial charge in [-0.1, -0.05) is 17.7 Å². The van der Waals surface area contributed by atoms with E-state index in [4.69, 9.17) is 16.6 Å². The molecule has 0 bridgehead atoms. The van der Waals surface area contributed by atoms with Crippen LogP contribution in [0.25, 0.3) is 11.3 Å². The number of nitrogens with zero attached hydrogens (tertiary/aromatic N) is 5. The van der Waals surface area contributed by atoms with Crippen molar-refractivity contribution in [3.05, 3.63) is 58.1 Å². The van der Waals surface area contributed by atoms with E-state index in [2.05, 4.69) is 51.1 Å². The topological polar surface area (TPSA) is 66.8 Å². The van der Waals surface area contributed by atoms with Crippen LogP contribution >= 0.6 is 11.6 Å². The molecule has 3 aromatic rings. The van der Waals surface area contributed by atoms with Gasteiger partial charge in [-0.25, -0.2) is 15.0 Å². The third kappa shape index (κ3) is 4.09. The van der Waals surface area contributed by atoms with Gasteiger partial charge in [-0.2, -0.15) is 0 Å². The lowest BCUT2D eigenvalue weighted by molar-refractivity contribution is 0.602. The molecule has 1 aliphatic heterocycles. The fraction of sp³-hybridized carbons (Fsp3) is 0.417. The largest absolute Gasteiger partial charge is 0.354 e. The van der Waals surface area contributed by atoms with E-state index in [1.807, 2.05) is 19.3 Å². The third-order valence-electron chi connectivity index (χ3n) is 6.26. The molecular weight excluding hydrogens is 408 g/mol. The van der Waals surface area contributed by atoms with E-state index in [9.17, 15) is 0 Å². The molecule has 0 radical (unpaired) electrons. The summed E-state index contributed by atoms with van der Waals surface area (Å²) in [6.07, 6.45) is 9.08. The van der Waals surface area contributed by atoms with Crippen molar-refractivity contribution in [1.29, 1.82) is 0 Å². The smallest absolute Gasteiger partial charge is 0.222 e. The Bertz CT molecular complexity index is 1130. The molecule has 0 amide bonds. The lowest BCUT2D eigenvalue weighted by Crippen LogP contribution is -2.35. The van der Waals surface area contributed by atoms with Gasteiger partial charge in [0, 0.05) is 49.2 Å². The summed E-state index contributed by atoms with van der Waals surface area (Å²) >= 11 is 6.52. The predicted octanol–water partition coefficient (Wildman–Crippen LogP) is 5.15. The lowest BCUT2D eigenvalue weighted by atomic mass is 9.99. The number of nitrogens with one attached hydrogen (secondary N) is 1. The van der Waals surface area contributed by atoms with Crippen molar-refractivity contribution in [2.24, 2.45) is 5.92 Å². The van der Waals surface area contributed by atoms with E-state index >= 15 is 0 Å². The zero-order chi connectivity index (χ0) is 21.5. The second-order valence-corrected chi connectivity index (χ2v) is 9.15. The monoisotopic (exact) mass is 434 g/mol. The molecule has 1 N–H and O–H groups in total. The van der Waals surface area contributed by atoms with Crippen LogP contribution in [0.2, 0.25) is 5.02 Å². The van der Waals surface area contributed by atoms with Crippen LogP contribution in [-0.2, 0) is 6.42 Å². The van der Waals surface area contributed by atoms with Crippen molar-refractivity contribution in [3.63, 3.8) is 0 Å². The van der Waals surface area contributed by atoms with Crippen LogP contribution in [0.15, 0.2) is 30.7 Å². The molecule has 7 heteroatoms. The Balaban J connectivity index is 1.42. The number of pyridine rings is 2. The minimum atomic E-state index is 0.134. The highest BCUT2D eigenvalue weighted by molar-refractivity contribution is 6.33. The van der Waals surface area contributed by atoms with Crippen molar-refractivity contribution in [1.82, 2.24) is 19.9 Å². The Kier molecular flexibility index (Phi) is 5.26. The van der Waals surface area contributed by atoms with Crippen molar-refractivity contribution < 1.29 is 0 Å². The van der Waals surface area contributed by atoms with E-state index in [1.165, 1.54) is 12.8 Å². The van der Waals surface area contributed by atoms with Gasteiger partial charge in [0.1, 0.15) is 5.82 Å². The summed E-state index contributed by atoms with van der Waals surface area (Å²) in [5.41, 5.74) is 6.35. The van der Waals surface area contributed by atoms with Crippen LogP contribution < -0.4 is 10.2 Å². The maximum absolute atomic E-state index is 6.52. The van der Waals surface area contributed by atoms with E-state index in [0.717, 1.165) is 70.8 Å². The highest BCUT2D eigenvalue weighted by atomic mass is 35.5.